The molecule has 3 aromatic heterocycles. The fourth-order valence-electron chi connectivity index (χ4n) is 1.91. The molecule has 0 saturated heterocycles. The van der Waals surface area contributed by atoms with E-state index < -0.39 is 0 Å². The van der Waals surface area contributed by atoms with Gasteiger partial charge in [0.2, 0.25) is 5.95 Å². The van der Waals surface area contributed by atoms with Crippen LogP contribution >= 0.6 is 0 Å². The fraction of sp³-hybridized carbons (Fsp3) is 0.273. The number of fused-ring (bicyclic) bond motifs is 1. The molecule has 0 bridgehead atoms. The quantitative estimate of drug-likeness (QED) is 0.708. The zero-order valence-corrected chi connectivity index (χ0v) is 10.2. The standard InChI is InChI=1S/C11H13N7/c1-7-3-4-13-10-9(7)15-11(12)18(10)5-8-14-6-17(2)16-8/h3-4,6H,5H2,1-2H3,(H2,12,15). The molecule has 0 aliphatic heterocycles. The van der Waals surface area contributed by atoms with E-state index in [9.17, 15) is 0 Å². The second-order valence-electron chi connectivity index (χ2n) is 4.19. The molecule has 0 aromatic carbocycles. The van der Waals surface area contributed by atoms with Crippen LogP contribution in [0.1, 0.15) is 11.4 Å². The fourth-order valence-corrected chi connectivity index (χ4v) is 1.91. The number of nitrogens with zero attached hydrogens (tertiary/aromatic N) is 6. The lowest BCUT2D eigenvalue weighted by Gasteiger charge is -2.02. The lowest BCUT2D eigenvalue weighted by Crippen LogP contribution is -2.07. The number of imidazole rings is 1. The van der Waals surface area contributed by atoms with Crippen LogP contribution in [0.4, 0.5) is 5.95 Å². The highest BCUT2D eigenvalue weighted by molar-refractivity contribution is 5.77. The van der Waals surface area contributed by atoms with Gasteiger partial charge in [0.1, 0.15) is 11.8 Å². The summed E-state index contributed by atoms with van der Waals surface area (Å²) in [5.74, 6) is 1.12. The first kappa shape index (κ1) is 10.7. The maximum Gasteiger partial charge on any atom is 0.202 e. The highest BCUT2D eigenvalue weighted by Crippen LogP contribution is 2.19. The predicted octanol–water partition coefficient (Wildman–Crippen LogP) is 0.499. The van der Waals surface area contributed by atoms with Crippen LogP contribution in [-0.4, -0.2) is 29.3 Å². The van der Waals surface area contributed by atoms with Crippen molar-refractivity contribution < 1.29 is 0 Å². The molecular weight excluding hydrogens is 230 g/mol. The summed E-state index contributed by atoms with van der Waals surface area (Å²) in [6.07, 6.45) is 3.41. The molecule has 18 heavy (non-hydrogen) atoms. The number of nitrogen functional groups attached to an aromatic ring is 1. The number of rotatable bonds is 2. The maximum atomic E-state index is 5.93. The largest absolute Gasteiger partial charge is 0.369 e. The Balaban J connectivity index is 2.11. The van der Waals surface area contributed by atoms with Crippen LogP contribution in [0, 0.1) is 6.92 Å². The van der Waals surface area contributed by atoms with E-state index in [0.717, 1.165) is 16.7 Å². The molecule has 0 aliphatic carbocycles. The van der Waals surface area contributed by atoms with Crippen LogP contribution in [-0.2, 0) is 13.6 Å². The van der Waals surface area contributed by atoms with Crippen molar-refractivity contribution in [1.82, 2.24) is 29.3 Å². The van der Waals surface area contributed by atoms with Gasteiger partial charge in [0.25, 0.3) is 0 Å². The minimum atomic E-state index is 0.430. The van der Waals surface area contributed by atoms with Crippen LogP contribution in [0.2, 0.25) is 0 Å². The zero-order chi connectivity index (χ0) is 12.7. The summed E-state index contributed by atoms with van der Waals surface area (Å²) in [7, 11) is 1.83. The molecule has 7 heteroatoms. The third-order valence-electron chi connectivity index (χ3n) is 2.81. The van der Waals surface area contributed by atoms with Crippen LogP contribution in [0.15, 0.2) is 18.6 Å². The van der Waals surface area contributed by atoms with Crippen LogP contribution in [0.3, 0.4) is 0 Å². The van der Waals surface area contributed by atoms with E-state index in [2.05, 4.69) is 20.1 Å². The second kappa shape index (κ2) is 3.80. The van der Waals surface area contributed by atoms with E-state index in [1.165, 1.54) is 0 Å². The van der Waals surface area contributed by atoms with Crippen molar-refractivity contribution in [2.24, 2.45) is 7.05 Å². The summed E-state index contributed by atoms with van der Waals surface area (Å²) in [6, 6.07) is 1.91. The van der Waals surface area contributed by atoms with Gasteiger partial charge in [-0.15, -0.1) is 0 Å². The number of pyridine rings is 1. The summed E-state index contributed by atoms with van der Waals surface area (Å²) in [5, 5.41) is 4.23. The van der Waals surface area contributed by atoms with Gasteiger partial charge in [-0.2, -0.15) is 5.10 Å². The van der Waals surface area contributed by atoms with E-state index >= 15 is 0 Å². The summed E-state index contributed by atoms with van der Waals surface area (Å²) in [5.41, 5.74) is 8.57. The number of aromatic nitrogens is 6. The minimum absolute atomic E-state index is 0.430. The lowest BCUT2D eigenvalue weighted by atomic mass is 10.3. The molecule has 0 radical (unpaired) electrons. The van der Waals surface area contributed by atoms with Crippen LogP contribution in [0.25, 0.3) is 11.2 Å². The molecule has 0 saturated carbocycles. The molecule has 0 fully saturated rings. The van der Waals surface area contributed by atoms with E-state index in [-0.39, 0.29) is 0 Å². The van der Waals surface area contributed by atoms with Gasteiger partial charge >= 0.3 is 0 Å². The molecule has 2 N–H and O–H groups in total. The van der Waals surface area contributed by atoms with Crippen molar-refractivity contribution >= 4 is 17.1 Å². The SMILES string of the molecule is Cc1ccnc2c1nc(N)n2Cc1ncn(C)n1. The molecule has 3 heterocycles. The summed E-state index contributed by atoms with van der Waals surface area (Å²) < 4.78 is 3.47. The minimum Gasteiger partial charge on any atom is -0.369 e. The summed E-state index contributed by atoms with van der Waals surface area (Å²) in [4.78, 5) is 12.8. The zero-order valence-electron chi connectivity index (χ0n) is 10.2. The molecule has 7 nitrogen and oxygen atoms in total. The Morgan fingerprint density at radius 1 is 1.33 bits per heavy atom. The number of anilines is 1. The predicted molar refractivity (Wildman–Crippen MR) is 66.8 cm³/mol. The molecule has 0 amide bonds. The van der Waals surface area contributed by atoms with Gasteiger partial charge in [0.15, 0.2) is 11.5 Å². The van der Waals surface area contributed by atoms with E-state index in [1.807, 2.05) is 24.6 Å². The molecule has 0 atom stereocenters. The Bertz CT molecular complexity index is 709. The number of aryl methyl sites for hydroxylation is 2. The van der Waals surface area contributed by atoms with Crippen LogP contribution < -0.4 is 5.73 Å². The van der Waals surface area contributed by atoms with Gasteiger partial charge in [-0.05, 0) is 18.6 Å². The maximum absolute atomic E-state index is 5.93. The molecule has 92 valence electrons. The molecule has 0 aliphatic rings. The molecule has 3 aromatic rings. The summed E-state index contributed by atoms with van der Waals surface area (Å²) >= 11 is 0. The Kier molecular flexibility index (Phi) is 2.26. The third-order valence-corrected chi connectivity index (χ3v) is 2.81. The van der Waals surface area contributed by atoms with Gasteiger partial charge in [-0.25, -0.2) is 15.0 Å². The number of hydrogen-bond acceptors (Lipinski definition) is 5. The first-order valence-electron chi connectivity index (χ1n) is 5.57. The topological polar surface area (TPSA) is 87.4 Å². The molecule has 3 rings (SSSR count). The van der Waals surface area contributed by atoms with Crippen molar-refractivity contribution in [3.63, 3.8) is 0 Å². The molecular formula is C11H13N7. The van der Waals surface area contributed by atoms with Crippen molar-refractivity contribution in [2.75, 3.05) is 5.73 Å². The number of nitrogens with two attached hydrogens (primary N) is 1. The van der Waals surface area contributed by atoms with E-state index in [0.29, 0.717) is 18.3 Å². The Morgan fingerprint density at radius 2 is 2.17 bits per heavy atom. The monoisotopic (exact) mass is 243 g/mol. The molecule has 0 unspecified atom stereocenters. The van der Waals surface area contributed by atoms with Crippen LogP contribution in [0.5, 0.6) is 0 Å². The first-order valence-corrected chi connectivity index (χ1v) is 5.57. The van der Waals surface area contributed by atoms with Crippen molar-refractivity contribution in [3.05, 3.63) is 30.0 Å². The van der Waals surface area contributed by atoms with E-state index in [1.54, 1.807) is 17.2 Å². The van der Waals surface area contributed by atoms with Gasteiger partial charge < -0.3 is 5.73 Å². The number of hydrogen-bond donors (Lipinski definition) is 1. The Labute approximate surface area is 103 Å². The average molecular weight is 243 g/mol. The van der Waals surface area contributed by atoms with Crippen molar-refractivity contribution in [3.8, 4) is 0 Å². The third kappa shape index (κ3) is 1.60. The highest BCUT2D eigenvalue weighted by Gasteiger charge is 2.12. The molecule has 0 spiro atoms. The van der Waals surface area contributed by atoms with Gasteiger partial charge in [-0.1, -0.05) is 0 Å². The smallest absolute Gasteiger partial charge is 0.202 e. The normalized spacial score (nSPS) is 11.2. The first-order chi connectivity index (χ1) is 8.65. The summed E-state index contributed by atoms with van der Waals surface area (Å²) in [6.45, 7) is 2.46. The Morgan fingerprint density at radius 3 is 2.89 bits per heavy atom. The van der Waals surface area contributed by atoms with E-state index in [4.69, 9.17) is 5.73 Å². The second-order valence-corrected chi connectivity index (χ2v) is 4.19. The lowest BCUT2D eigenvalue weighted by molar-refractivity contribution is 0.712. The highest BCUT2D eigenvalue weighted by atomic mass is 15.3. The van der Waals surface area contributed by atoms with Gasteiger partial charge in [0.05, 0.1) is 6.54 Å². The van der Waals surface area contributed by atoms with Crippen molar-refractivity contribution in [2.45, 2.75) is 13.5 Å². The van der Waals surface area contributed by atoms with Crippen molar-refractivity contribution in [1.29, 1.82) is 0 Å². The average Bonchev–Trinajstić information content (AvgIpc) is 2.87. The van der Waals surface area contributed by atoms with Gasteiger partial charge in [-0.3, -0.25) is 9.25 Å². The Hall–Kier alpha value is -2.44. The van der Waals surface area contributed by atoms with Gasteiger partial charge in [0, 0.05) is 13.2 Å².